The second-order valence-corrected chi connectivity index (χ2v) is 1.54. The average molecular weight is 323 g/mol. The van der Waals surface area contributed by atoms with Crippen LogP contribution in [0.15, 0.2) is 0 Å². The fraction of sp³-hybridized carbons (Fsp3) is 0. The van der Waals surface area contributed by atoms with Crippen molar-refractivity contribution in [1.82, 2.24) is 0 Å². The van der Waals surface area contributed by atoms with Crippen LogP contribution in [0.5, 0.6) is 0 Å². The number of hydrogen-bond donors (Lipinski definition) is 3. The molecule has 0 aromatic carbocycles. The smallest absolute Gasteiger partial charge is 0 e. The molecule has 0 aromatic heterocycles. The molecule has 4 nitrogen and oxygen atoms in total. The third-order valence-corrected chi connectivity index (χ3v) is 0. The van der Waals surface area contributed by atoms with E-state index in [1.807, 2.05) is 0 Å². The molecule has 46 valence electrons. The standard InChI is InChI=1S/Ca.Mg.H3O4P.Zn.Zr.4H/c;;1-5(2,3)4;;;;;;/h;;(H3,1,2,3,4);;;;;;. The molecule has 0 amide bonds. The average Bonchev–Trinajstić information content (AvgIpc) is 0.722. The molecule has 0 atom stereocenters. The minimum atomic E-state index is -4.64. The SMILES string of the molecule is O=P(O)(O)O.[CaH2].[MgH2].[Zn].[Zr]. The maximum absolute atomic E-state index is 8.88. The van der Waals surface area contributed by atoms with E-state index < -0.39 is 7.82 Å². The molecule has 0 rings (SSSR count). The quantitative estimate of drug-likeness (QED) is 0.333. The van der Waals surface area contributed by atoms with Crippen molar-refractivity contribution in [3.63, 3.8) is 0 Å². The van der Waals surface area contributed by atoms with Gasteiger partial charge in [-0.15, -0.1) is 0 Å². The van der Waals surface area contributed by atoms with Gasteiger partial charge in [-0.2, -0.15) is 0 Å². The Morgan fingerprint density at radius 2 is 1.11 bits per heavy atom. The molecular weight excluding hydrogens is 316 g/mol. The van der Waals surface area contributed by atoms with E-state index in [-0.39, 0.29) is 106 Å². The zero-order valence-electron chi connectivity index (χ0n) is 3.40. The largest absolute Gasteiger partial charge is 0.316 e. The summed E-state index contributed by atoms with van der Waals surface area (Å²) < 4.78 is 8.88. The summed E-state index contributed by atoms with van der Waals surface area (Å²) in [6.07, 6.45) is 0. The van der Waals surface area contributed by atoms with Crippen molar-refractivity contribution < 1.29 is 64.9 Å². The normalized spacial score (nSPS) is 6.56. The Hall–Kier alpha value is 3.64. The summed E-state index contributed by atoms with van der Waals surface area (Å²) >= 11 is 0. The van der Waals surface area contributed by atoms with Gasteiger partial charge in [-0.1, -0.05) is 0 Å². The van der Waals surface area contributed by atoms with E-state index in [2.05, 4.69) is 0 Å². The molecule has 3 N–H and O–H groups in total. The second-order valence-electron chi connectivity index (χ2n) is 0.513. The molecule has 0 bridgehead atoms. The molecule has 0 aliphatic heterocycles. The van der Waals surface area contributed by atoms with E-state index in [4.69, 9.17) is 19.2 Å². The van der Waals surface area contributed by atoms with Crippen LogP contribution in [0.2, 0.25) is 0 Å². The van der Waals surface area contributed by atoms with E-state index in [9.17, 15) is 0 Å². The number of hydrogen-bond acceptors (Lipinski definition) is 1. The second kappa shape index (κ2) is 14.2. The predicted octanol–water partition coefficient (Wildman–Crippen LogP) is -2.77. The van der Waals surface area contributed by atoms with Crippen molar-refractivity contribution in [2.45, 2.75) is 0 Å². The molecule has 0 aliphatic rings. The van der Waals surface area contributed by atoms with Crippen molar-refractivity contribution in [1.29, 1.82) is 0 Å². The Labute approximate surface area is 131 Å². The van der Waals surface area contributed by atoms with Gasteiger partial charge in [-0.05, 0) is 0 Å². The summed E-state index contributed by atoms with van der Waals surface area (Å²) in [6, 6.07) is 0. The minimum Gasteiger partial charge on any atom is 0 e. The Bertz CT molecular complexity index is 66.7. The molecule has 0 fully saturated rings. The molecular formula is H7CaMgO4PZnZr. The first-order chi connectivity index (χ1) is 2.00. The first-order valence-corrected chi connectivity index (χ1v) is 2.35. The van der Waals surface area contributed by atoms with Crippen molar-refractivity contribution >= 4 is 68.6 Å². The number of rotatable bonds is 0. The van der Waals surface area contributed by atoms with Crippen LogP contribution >= 0.6 is 7.82 Å². The maximum atomic E-state index is 8.88. The molecule has 0 spiro atoms. The van der Waals surface area contributed by atoms with Gasteiger partial charge in [0.25, 0.3) is 0 Å². The van der Waals surface area contributed by atoms with Crippen LogP contribution in [0, 0.1) is 0 Å². The van der Waals surface area contributed by atoms with Crippen LogP contribution in [0.1, 0.15) is 0 Å². The molecule has 0 radical (unpaired) electrons. The van der Waals surface area contributed by atoms with Crippen molar-refractivity contribution in [3.8, 4) is 0 Å². The number of phosphoric acid groups is 1. The predicted molar refractivity (Wildman–Crippen MR) is 31.4 cm³/mol. The Morgan fingerprint density at radius 1 is 1.11 bits per heavy atom. The first kappa shape index (κ1) is 29.3. The molecule has 0 unspecified atom stereocenters. The van der Waals surface area contributed by atoms with Crippen LogP contribution in [-0.2, 0) is 50.2 Å². The van der Waals surface area contributed by atoms with Crippen LogP contribution in [0.4, 0.5) is 0 Å². The van der Waals surface area contributed by atoms with E-state index in [1.165, 1.54) is 0 Å². The third kappa shape index (κ3) is 81.6. The summed E-state index contributed by atoms with van der Waals surface area (Å²) in [5.41, 5.74) is 0. The van der Waals surface area contributed by atoms with Gasteiger partial charge in [0.1, 0.15) is 0 Å². The first-order valence-electron chi connectivity index (χ1n) is 0.783. The van der Waals surface area contributed by atoms with Crippen molar-refractivity contribution in [2.75, 3.05) is 0 Å². The summed E-state index contributed by atoms with van der Waals surface area (Å²) in [7, 11) is -4.64. The molecule has 0 aliphatic carbocycles. The van der Waals surface area contributed by atoms with Gasteiger partial charge in [0.2, 0.25) is 0 Å². The molecule has 0 saturated carbocycles. The fourth-order valence-corrected chi connectivity index (χ4v) is 0. The van der Waals surface area contributed by atoms with E-state index in [1.54, 1.807) is 0 Å². The van der Waals surface area contributed by atoms with Gasteiger partial charge < -0.3 is 14.7 Å². The Morgan fingerprint density at radius 3 is 1.11 bits per heavy atom. The molecule has 0 saturated heterocycles. The van der Waals surface area contributed by atoms with Gasteiger partial charge in [0.05, 0.1) is 0 Å². The van der Waals surface area contributed by atoms with Crippen molar-refractivity contribution in [3.05, 3.63) is 0 Å². The van der Waals surface area contributed by atoms with E-state index in [0.717, 1.165) is 0 Å². The van der Waals surface area contributed by atoms with Crippen molar-refractivity contribution in [2.24, 2.45) is 0 Å². The molecule has 9 heteroatoms. The molecule has 9 heavy (non-hydrogen) atoms. The van der Waals surface area contributed by atoms with Crippen LogP contribution in [0.25, 0.3) is 0 Å². The van der Waals surface area contributed by atoms with Gasteiger partial charge >= 0.3 is 68.6 Å². The molecule has 0 heterocycles. The zero-order valence-corrected chi connectivity index (χ0v) is 9.72. The monoisotopic (exact) mass is 320 g/mol. The Kier molecular flexibility index (Phi) is 46.2. The van der Waals surface area contributed by atoms with Crippen LogP contribution in [0.3, 0.4) is 0 Å². The third-order valence-electron chi connectivity index (χ3n) is 0. The molecule has 0 aromatic rings. The fourth-order valence-electron chi connectivity index (χ4n) is 0. The summed E-state index contributed by atoms with van der Waals surface area (Å²) in [6.45, 7) is 0. The van der Waals surface area contributed by atoms with Crippen LogP contribution < -0.4 is 0 Å². The summed E-state index contributed by atoms with van der Waals surface area (Å²) in [4.78, 5) is 21.6. The summed E-state index contributed by atoms with van der Waals surface area (Å²) in [5.74, 6) is 0. The van der Waals surface area contributed by atoms with Gasteiger partial charge in [-0.25, -0.2) is 4.57 Å². The van der Waals surface area contributed by atoms with Gasteiger partial charge in [0, 0.05) is 45.7 Å². The zero-order chi connectivity index (χ0) is 4.50. The summed E-state index contributed by atoms with van der Waals surface area (Å²) in [5, 5.41) is 0. The van der Waals surface area contributed by atoms with Gasteiger partial charge in [-0.3, -0.25) is 0 Å². The van der Waals surface area contributed by atoms with Gasteiger partial charge in [0.15, 0.2) is 0 Å². The van der Waals surface area contributed by atoms with E-state index >= 15 is 0 Å². The Balaban J connectivity index is -0.0000000133. The van der Waals surface area contributed by atoms with Crippen LogP contribution in [-0.4, -0.2) is 75.5 Å². The topological polar surface area (TPSA) is 77.8 Å². The van der Waals surface area contributed by atoms with E-state index in [0.29, 0.717) is 0 Å². The maximum Gasteiger partial charge on any atom is 0.316 e. The minimum absolute atomic E-state index is 0.